The molecule has 0 saturated carbocycles. The number of pyridine rings is 1. The number of carbonyl (C=O) groups is 1. The van der Waals surface area contributed by atoms with Gasteiger partial charge in [-0.3, -0.25) is 9.78 Å². The standard InChI is InChI=1S/C16H10F3N5O/c17-16(18,19)14-13(22-11-6-1-2-7-12(11)23-14)15(25)24-21-9-10-5-3-4-8-20-10/h1-9H,(H,24,25)/b21-9+. The summed E-state index contributed by atoms with van der Waals surface area (Å²) in [7, 11) is 0. The second-order valence-electron chi connectivity index (χ2n) is 4.86. The molecule has 3 rings (SSSR count). The molecule has 6 nitrogen and oxygen atoms in total. The van der Waals surface area contributed by atoms with E-state index in [0.29, 0.717) is 5.69 Å². The summed E-state index contributed by atoms with van der Waals surface area (Å²) in [6.45, 7) is 0. The molecule has 0 spiro atoms. The van der Waals surface area contributed by atoms with E-state index in [1.807, 2.05) is 5.43 Å². The van der Waals surface area contributed by atoms with Crippen LogP contribution >= 0.6 is 0 Å². The predicted molar refractivity (Wildman–Crippen MR) is 83.8 cm³/mol. The highest BCUT2D eigenvalue weighted by Gasteiger charge is 2.38. The Morgan fingerprint density at radius 1 is 1.04 bits per heavy atom. The molecule has 126 valence electrons. The molecular weight excluding hydrogens is 335 g/mol. The number of aromatic nitrogens is 3. The first-order valence-electron chi connectivity index (χ1n) is 7.03. The van der Waals surface area contributed by atoms with Crippen molar-refractivity contribution in [3.63, 3.8) is 0 Å². The molecule has 0 aliphatic heterocycles. The Morgan fingerprint density at radius 3 is 2.36 bits per heavy atom. The summed E-state index contributed by atoms with van der Waals surface area (Å²) in [4.78, 5) is 23.3. The lowest BCUT2D eigenvalue weighted by atomic mass is 10.2. The Bertz CT molecular complexity index is 941. The van der Waals surface area contributed by atoms with E-state index in [9.17, 15) is 18.0 Å². The van der Waals surface area contributed by atoms with Crippen LogP contribution in [0.15, 0.2) is 53.8 Å². The highest BCUT2D eigenvalue weighted by molar-refractivity contribution is 5.95. The SMILES string of the molecule is O=C(N/N=C/c1ccccn1)c1nc2ccccc2nc1C(F)(F)F. The van der Waals surface area contributed by atoms with Crippen LogP contribution in [0.2, 0.25) is 0 Å². The molecule has 1 N–H and O–H groups in total. The van der Waals surface area contributed by atoms with Crippen LogP contribution in [0.4, 0.5) is 13.2 Å². The highest BCUT2D eigenvalue weighted by atomic mass is 19.4. The largest absolute Gasteiger partial charge is 0.435 e. The molecule has 9 heteroatoms. The first kappa shape index (κ1) is 16.5. The summed E-state index contributed by atoms with van der Waals surface area (Å²) in [6, 6.07) is 11.0. The summed E-state index contributed by atoms with van der Waals surface area (Å²) in [6.07, 6.45) is -2.10. The Morgan fingerprint density at radius 2 is 1.72 bits per heavy atom. The number of rotatable bonds is 3. The van der Waals surface area contributed by atoms with Crippen molar-refractivity contribution in [2.24, 2.45) is 5.10 Å². The molecule has 0 unspecified atom stereocenters. The number of fused-ring (bicyclic) bond motifs is 1. The molecule has 0 aliphatic carbocycles. The van der Waals surface area contributed by atoms with Gasteiger partial charge >= 0.3 is 6.18 Å². The third-order valence-corrected chi connectivity index (χ3v) is 3.10. The lowest BCUT2D eigenvalue weighted by Gasteiger charge is -2.11. The number of carbonyl (C=O) groups excluding carboxylic acids is 1. The van der Waals surface area contributed by atoms with E-state index in [-0.39, 0.29) is 11.0 Å². The normalized spacial score (nSPS) is 11.8. The van der Waals surface area contributed by atoms with Crippen molar-refractivity contribution >= 4 is 23.2 Å². The van der Waals surface area contributed by atoms with Gasteiger partial charge in [-0.25, -0.2) is 15.4 Å². The molecule has 2 heterocycles. The minimum atomic E-state index is -4.82. The number of nitrogens with zero attached hydrogens (tertiary/aromatic N) is 4. The van der Waals surface area contributed by atoms with Gasteiger partial charge in [-0.2, -0.15) is 18.3 Å². The van der Waals surface area contributed by atoms with Crippen molar-refractivity contribution in [2.75, 3.05) is 0 Å². The van der Waals surface area contributed by atoms with Crippen LogP contribution in [0.3, 0.4) is 0 Å². The monoisotopic (exact) mass is 345 g/mol. The van der Waals surface area contributed by atoms with Crippen LogP contribution in [0, 0.1) is 0 Å². The highest BCUT2D eigenvalue weighted by Crippen LogP contribution is 2.30. The minimum absolute atomic E-state index is 0.0448. The van der Waals surface area contributed by atoms with E-state index in [4.69, 9.17) is 0 Å². The number of nitrogens with one attached hydrogen (secondary N) is 1. The molecule has 1 aromatic carbocycles. The Kier molecular flexibility index (Phi) is 4.38. The number of para-hydroxylation sites is 2. The Labute approximate surface area is 139 Å². The van der Waals surface area contributed by atoms with Gasteiger partial charge in [0.2, 0.25) is 0 Å². The van der Waals surface area contributed by atoms with Gasteiger partial charge in [0, 0.05) is 6.20 Å². The smallest absolute Gasteiger partial charge is 0.265 e. The summed E-state index contributed by atoms with van der Waals surface area (Å²) < 4.78 is 39.6. The Hall–Kier alpha value is -3.36. The molecule has 0 saturated heterocycles. The van der Waals surface area contributed by atoms with Crippen LogP contribution in [0.25, 0.3) is 11.0 Å². The van der Waals surface area contributed by atoms with Gasteiger partial charge in [-0.1, -0.05) is 18.2 Å². The van der Waals surface area contributed by atoms with E-state index in [1.165, 1.54) is 30.6 Å². The lowest BCUT2D eigenvalue weighted by Crippen LogP contribution is -2.25. The molecule has 1 amide bonds. The summed E-state index contributed by atoms with van der Waals surface area (Å²) in [5.41, 5.74) is 0.459. The quantitative estimate of drug-likeness (QED) is 0.585. The maximum absolute atomic E-state index is 13.2. The molecule has 0 bridgehead atoms. The fourth-order valence-corrected chi connectivity index (χ4v) is 2.02. The number of hydrogen-bond acceptors (Lipinski definition) is 5. The molecule has 25 heavy (non-hydrogen) atoms. The number of hydrogen-bond donors (Lipinski definition) is 1. The average molecular weight is 345 g/mol. The summed E-state index contributed by atoms with van der Waals surface area (Å²) in [5, 5.41) is 3.60. The first-order valence-corrected chi connectivity index (χ1v) is 7.03. The molecule has 0 atom stereocenters. The van der Waals surface area contributed by atoms with Crippen molar-refractivity contribution in [3.05, 3.63) is 65.7 Å². The van der Waals surface area contributed by atoms with Gasteiger partial charge in [0.15, 0.2) is 11.4 Å². The maximum atomic E-state index is 13.2. The number of hydrazone groups is 1. The zero-order valence-corrected chi connectivity index (χ0v) is 12.5. The van der Waals surface area contributed by atoms with E-state index in [2.05, 4.69) is 20.1 Å². The van der Waals surface area contributed by atoms with E-state index < -0.39 is 23.5 Å². The Balaban J connectivity index is 1.93. The van der Waals surface area contributed by atoms with Gasteiger partial charge in [-0.05, 0) is 24.3 Å². The zero-order valence-electron chi connectivity index (χ0n) is 12.5. The number of halogens is 3. The average Bonchev–Trinajstić information content (AvgIpc) is 2.60. The van der Waals surface area contributed by atoms with Crippen molar-refractivity contribution in [1.29, 1.82) is 0 Å². The van der Waals surface area contributed by atoms with Gasteiger partial charge in [0.25, 0.3) is 5.91 Å². The van der Waals surface area contributed by atoms with Crippen molar-refractivity contribution < 1.29 is 18.0 Å². The van der Waals surface area contributed by atoms with Crippen LogP contribution in [-0.4, -0.2) is 27.1 Å². The van der Waals surface area contributed by atoms with Gasteiger partial charge < -0.3 is 0 Å². The van der Waals surface area contributed by atoms with E-state index >= 15 is 0 Å². The summed E-state index contributed by atoms with van der Waals surface area (Å²) in [5.74, 6) is -1.11. The van der Waals surface area contributed by atoms with Crippen molar-refractivity contribution in [1.82, 2.24) is 20.4 Å². The third kappa shape index (κ3) is 3.77. The number of alkyl halides is 3. The predicted octanol–water partition coefficient (Wildman–Crippen LogP) is 2.81. The lowest BCUT2D eigenvalue weighted by molar-refractivity contribution is -0.141. The fraction of sp³-hybridized carbons (Fsp3) is 0.0625. The van der Waals surface area contributed by atoms with Crippen LogP contribution in [0.5, 0.6) is 0 Å². The van der Waals surface area contributed by atoms with Crippen LogP contribution < -0.4 is 5.43 Å². The molecule has 3 aromatic rings. The molecule has 0 aliphatic rings. The second-order valence-corrected chi connectivity index (χ2v) is 4.86. The molecule has 2 aromatic heterocycles. The van der Waals surface area contributed by atoms with Crippen LogP contribution in [0.1, 0.15) is 21.9 Å². The van der Waals surface area contributed by atoms with E-state index in [1.54, 1.807) is 24.3 Å². The third-order valence-electron chi connectivity index (χ3n) is 3.10. The topological polar surface area (TPSA) is 80.1 Å². The first-order chi connectivity index (χ1) is 11.9. The van der Waals surface area contributed by atoms with E-state index in [0.717, 1.165) is 0 Å². The molecule has 0 fully saturated rings. The van der Waals surface area contributed by atoms with Gasteiger partial charge in [0.05, 0.1) is 22.9 Å². The van der Waals surface area contributed by atoms with Gasteiger partial charge in [-0.15, -0.1) is 0 Å². The number of amides is 1. The van der Waals surface area contributed by atoms with Crippen molar-refractivity contribution in [2.45, 2.75) is 6.18 Å². The maximum Gasteiger partial charge on any atom is 0.435 e. The molecule has 0 radical (unpaired) electrons. The van der Waals surface area contributed by atoms with Crippen LogP contribution in [-0.2, 0) is 6.18 Å². The fourth-order valence-electron chi connectivity index (χ4n) is 2.02. The van der Waals surface area contributed by atoms with Crippen molar-refractivity contribution in [3.8, 4) is 0 Å². The zero-order chi connectivity index (χ0) is 17.9. The minimum Gasteiger partial charge on any atom is -0.265 e. The number of benzene rings is 1. The summed E-state index contributed by atoms with van der Waals surface area (Å²) >= 11 is 0. The molecular formula is C16H10F3N5O. The second kappa shape index (κ2) is 6.63. The van der Waals surface area contributed by atoms with Gasteiger partial charge in [0.1, 0.15) is 0 Å².